The third-order valence-electron chi connectivity index (χ3n) is 3.82. The molecule has 0 spiro atoms. The molecule has 100 valence electrons. The first kappa shape index (κ1) is 12.2. The third kappa shape index (κ3) is 2.10. The Balaban J connectivity index is 1.81. The van der Waals surface area contributed by atoms with Crippen LogP contribution in [-0.2, 0) is 16.8 Å². The average Bonchev–Trinajstić information content (AvgIpc) is 2.81. The lowest BCUT2D eigenvalue weighted by Crippen LogP contribution is -2.37. The maximum Gasteiger partial charge on any atom is 0.231 e. The van der Waals surface area contributed by atoms with Crippen molar-refractivity contribution in [3.8, 4) is 0 Å². The van der Waals surface area contributed by atoms with Gasteiger partial charge in [-0.15, -0.1) is 0 Å². The van der Waals surface area contributed by atoms with E-state index in [-0.39, 0.29) is 5.60 Å². The first-order valence-corrected chi connectivity index (χ1v) is 6.45. The van der Waals surface area contributed by atoms with E-state index in [1.54, 1.807) is 7.11 Å². The molecule has 3 rings (SSSR count). The van der Waals surface area contributed by atoms with Crippen molar-refractivity contribution in [2.24, 2.45) is 0 Å². The van der Waals surface area contributed by atoms with E-state index in [9.17, 15) is 0 Å². The van der Waals surface area contributed by atoms with E-state index in [1.807, 2.05) is 24.3 Å². The third-order valence-corrected chi connectivity index (χ3v) is 3.82. The molecule has 5 nitrogen and oxygen atoms in total. The molecule has 1 aromatic heterocycles. The van der Waals surface area contributed by atoms with Gasteiger partial charge in [0.05, 0.1) is 6.42 Å². The number of benzene rings is 1. The molecule has 1 aliphatic rings. The highest BCUT2D eigenvalue weighted by Gasteiger charge is 2.43. The second-order valence-corrected chi connectivity index (χ2v) is 4.94. The number of hydrogen-bond acceptors (Lipinski definition) is 5. The zero-order valence-corrected chi connectivity index (χ0v) is 10.9. The summed E-state index contributed by atoms with van der Waals surface area (Å²) in [6.07, 6.45) is 3.61. The second kappa shape index (κ2) is 4.66. The molecule has 0 aliphatic heterocycles. The number of rotatable bonds is 4. The fourth-order valence-corrected chi connectivity index (χ4v) is 2.39. The van der Waals surface area contributed by atoms with Gasteiger partial charge in [0.15, 0.2) is 0 Å². The maximum atomic E-state index is 5.91. The van der Waals surface area contributed by atoms with Gasteiger partial charge in [-0.25, -0.2) is 0 Å². The van der Waals surface area contributed by atoms with Crippen LogP contribution < -0.4 is 5.73 Å². The summed E-state index contributed by atoms with van der Waals surface area (Å²) in [6, 6.07) is 7.70. The molecule has 1 heterocycles. The Morgan fingerprint density at radius 3 is 2.79 bits per heavy atom. The molecule has 1 saturated carbocycles. The van der Waals surface area contributed by atoms with Crippen LogP contribution in [0.1, 0.15) is 36.5 Å². The zero-order chi connectivity index (χ0) is 13.3. The summed E-state index contributed by atoms with van der Waals surface area (Å²) in [5.41, 5.74) is 7.32. The minimum absolute atomic E-state index is 0.329. The van der Waals surface area contributed by atoms with Crippen LogP contribution in [0.25, 0.3) is 0 Å². The Bertz CT molecular complexity index is 570. The quantitative estimate of drug-likeness (QED) is 0.852. The minimum atomic E-state index is -0.329. The number of aromatic nitrogens is 2. The van der Waals surface area contributed by atoms with Gasteiger partial charge in [0.2, 0.25) is 11.7 Å². The standard InChI is InChI=1S/C14H17N3O2/c1-18-14(7-4-8-14)13-16-12(19-17-13)9-10-5-2-3-6-11(10)15/h2-3,5-6H,4,7-9,15H2,1H3. The highest BCUT2D eigenvalue weighted by atomic mass is 16.5. The number of para-hydroxylation sites is 1. The summed E-state index contributed by atoms with van der Waals surface area (Å²) in [7, 11) is 1.70. The van der Waals surface area contributed by atoms with E-state index >= 15 is 0 Å². The predicted octanol–water partition coefficient (Wildman–Crippen LogP) is 2.27. The molecule has 2 aromatic rings. The molecule has 0 atom stereocenters. The minimum Gasteiger partial charge on any atom is -0.398 e. The van der Waals surface area contributed by atoms with Crippen LogP contribution in [0.5, 0.6) is 0 Å². The second-order valence-electron chi connectivity index (χ2n) is 4.94. The lowest BCUT2D eigenvalue weighted by molar-refractivity contribution is -0.0858. The van der Waals surface area contributed by atoms with E-state index in [2.05, 4.69) is 10.1 Å². The predicted molar refractivity (Wildman–Crippen MR) is 70.5 cm³/mol. The Hall–Kier alpha value is -1.88. The number of nitrogens with zero attached hydrogens (tertiary/aromatic N) is 2. The van der Waals surface area contributed by atoms with Crippen molar-refractivity contribution in [2.45, 2.75) is 31.3 Å². The molecule has 19 heavy (non-hydrogen) atoms. The van der Waals surface area contributed by atoms with Gasteiger partial charge in [-0.1, -0.05) is 23.4 Å². The number of nitrogen functional groups attached to an aromatic ring is 1. The van der Waals surface area contributed by atoms with Gasteiger partial charge in [0.25, 0.3) is 0 Å². The van der Waals surface area contributed by atoms with Crippen molar-refractivity contribution >= 4 is 5.69 Å². The summed E-state index contributed by atoms with van der Waals surface area (Å²) < 4.78 is 10.8. The van der Waals surface area contributed by atoms with Gasteiger partial charge in [0.1, 0.15) is 5.60 Å². The number of ether oxygens (including phenoxy) is 1. The topological polar surface area (TPSA) is 74.2 Å². The summed E-state index contributed by atoms with van der Waals surface area (Å²) in [4.78, 5) is 4.45. The molecular weight excluding hydrogens is 242 g/mol. The number of nitrogens with two attached hydrogens (primary N) is 1. The highest BCUT2D eigenvalue weighted by Crippen LogP contribution is 2.42. The highest BCUT2D eigenvalue weighted by molar-refractivity contribution is 5.47. The van der Waals surface area contributed by atoms with Crippen LogP contribution in [-0.4, -0.2) is 17.3 Å². The maximum absolute atomic E-state index is 5.91. The molecule has 0 unspecified atom stereocenters. The molecular formula is C14H17N3O2. The van der Waals surface area contributed by atoms with E-state index in [1.165, 1.54) is 0 Å². The molecule has 0 bridgehead atoms. The van der Waals surface area contributed by atoms with Crippen molar-refractivity contribution < 1.29 is 9.26 Å². The summed E-state index contributed by atoms with van der Waals surface area (Å²) in [6.45, 7) is 0. The molecule has 1 aromatic carbocycles. The van der Waals surface area contributed by atoms with Crippen molar-refractivity contribution in [1.29, 1.82) is 0 Å². The van der Waals surface area contributed by atoms with Crippen molar-refractivity contribution in [3.05, 3.63) is 41.5 Å². The van der Waals surface area contributed by atoms with Crippen LogP contribution >= 0.6 is 0 Å². The molecule has 5 heteroatoms. The van der Waals surface area contributed by atoms with Crippen molar-refractivity contribution in [3.63, 3.8) is 0 Å². The van der Waals surface area contributed by atoms with Crippen molar-refractivity contribution in [2.75, 3.05) is 12.8 Å². The van der Waals surface area contributed by atoms with Crippen LogP contribution in [0.15, 0.2) is 28.8 Å². The van der Waals surface area contributed by atoms with Crippen molar-refractivity contribution in [1.82, 2.24) is 10.1 Å². The Morgan fingerprint density at radius 2 is 2.16 bits per heavy atom. The summed E-state index contributed by atoms with van der Waals surface area (Å²) in [5, 5.41) is 4.06. The molecule has 1 aliphatic carbocycles. The van der Waals surface area contributed by atoms with Gasteiger partial charge < -0.3 is 15.0 Å². The van der Waals surface area contributed by atoms with Crippen LogP contribution in [0, 0.1) is 0 Å². The molecule has 2 N–H and O–H groups in total. The lowest BCUT2D eigenvalue weighted by atomic mass is 9.79. The Labute approximate surface area is 111 Å². The molecule has 1 fully saturated rings. The monoisotopic (exact) mass is 259 g/mol. The molecule has 0 radical (unpaired) electrons. The number of anilines is 1. The summed E-state index contributed by atoms with van der Waals surface area (Å²) in [5.74, 6) is 1.24. The average molecular weight is 259 g/mol. The normalized spacial score (nSPS) is 17.1. The first-order chi connectivity index (χ1) is 9.23. The van der Waals surface area contributed by atoms with E-state index in [0.29, 0.717) is 18.1 Å². The zero-order valence-electron chi connectivity index (χ0n) is 10.9. The van der Waals surface area contributed by atoms with Gasteiger partial charge in [-0.2, -0.15) is 4.98 Å². The first-order valence-electron chi connectivity index (χ1n) is 6.45. The fraction of sp³-hybridized carbons (Fsp3) is 0.429. The van der Waals surface area contributed by atoms with Crippen LogP contribution in [0.2, 0.25) is 0 Å². The Morgan fingerprint density at radius 1 is 1.37 bits per heavy atom. The van der Waals surface area contributed by atoms with Gasteiger partial charge in [0, 0.05) is 12.8 Å². The van der Waals surface area contributed by atoms with Crippen LogP contribution in [0.3, 0.4) is 0 Å². The summed E-state index contributed by atoms with van der Waals surface area (Å²) >= 11 is 0. The van der Waals surface area contributed by atoms with Gasteiger partial charge >= 0.3 is 0 Å². The molecule has 0 saturated heterocycles. The number of hydrogen-bond donors (Lipinski definition) is 1. The van der Waals surface area contributed by atoms with Gasteiger partial charge in [-0.05, 0) is 30.9 Å². The lowest BCUT2D eigenvalue weighted by Gasteiger charge is -2.37. The van der Waals surface area contributed by atoms with Gasteiger partial charge in [-0.3, -0.25) is 0 Å². The smallest absolute Gasteiger partial charge is 0.231 e. The Kier molecular flexibility index (Phi) is 2.98. The van der Waals surface area contributed by atoms with E-state index in [4.69, 9.17) is 15.0 Å². The fourth-order valence-electron chi connectivity index (χ4n) is 2.39. The van der Waals surface area contributed by atoms with E-state index in [0.717, 1.165) is 30.5 Å². The number of methoxy groups -OCH3 is 1. The van der Waals surface area contributed by atoms with E-state index < -0.39 is 0 Å². The van der Waals surface area contributed by atoms with Crippen LogP contribution in [0.4, 0.5) is 5.69 Å². The molecule has 0 amide bonds. The SMILES string of the molecule is COC1(c2noc(Cc3ccccc3N)n2)CCC1. The largest absolute Gasteiger partial charge is 0.398 e.